The van der Waals surface area contributed by atoms with Crippen LogP contribution in [-0.4, -0.2) is 46.4 Å². The van der Waals surface area contributed by atoms with Gasteiger partial charge in [-0.25, -0.2) is 0 Å². The van der Waals surface area contributed by atoms with Crippen LogP contribution < -0.4 is 0 Å². The van der Waals surface area contributed by atoms with Gasteiger partial charge in [0.2, 0.25) is 0 Å². The zero-order chi connectivity index (χ0) is 21.5. The highest BCUT2D eigenvalue weighted by Gasteiger charge is 2.54. The molecule has 1 atom stereocenters. The topological polar surface area (TPSA) is 39.3 Å². The molecule has 3 aliphatic rings. The number of likely N-dealkylation sites (tertiary alicyclic amines) is 2. The van der Waals surface area contributed by atoms with Crippen molar-refractivity contribution < 1.29 is 4.79 Å². The van der Waals surface area contributed by atoms with Gasteiger partial charge >= 0.3 is 0 Å². The van der Waals surface area contributed by atoms with Crippen molar-refractivity contribution in [1.82, 2.24) is 14.8 Å². The molecule has 6 rings (SSSR count). The van der Waals surface area contributed by atoms with E-state index in [9.17, 15) is 4.79 Å². The molecule has 4 heteroatoms. The molecular weight excluding hydrogens is 394 g/mol. The van der Waals surface area contributed by atoms with Crippen molar-refractivity contribution in [2.75, 3.05) is 19.6 Å². The Morgan fingerprint density at radius 1 is 0.938 bits per heavy atom. The predicted octanol–water partition coefficient (Wildman–Crippen LogP) is 5.78. The molecule has 0 bridgehead atoms. The highest BCUT2D eigenvalue weighted by atomic mass is 16.2. The largest absolute Gasteiger partial charge is 0.361 e. The van der Waals surface area contributed by atoms with E-state index in [1.807, 2.05) is 30.5 Å². The molecule has 2 aliphatic heterocycles. The first-order valence-corrected chi connectivity index (χ1v) is 12.4. The Labute approximate surface area is 190 Å². The minimum Gasteiger partial charge on any atom is -0.361 e. The molecule has 1 saturated carbocycles. The fourth-order valence-corrected chi connectivity index (χ4v) is 6.75. The summed E-state index contributed by atoms with van der Waals surface area (Å²) in [6.07, 6.45) is 11.0. The summed E-state index contributed by atoms with van der Waals surface area (Å²) < 4.78 is 0. The molecule has 4 nitrogen and oxygen atoms in total. The van der Waals surface area contributed by atoms with Gasteiger partial charge in [0.25, 0.3) is 5.91 Å². The Bertz CT molecular complexity index is 1090. The minimum absolute atomic E-state index is 0.173. The zero-order valence-electron chi connectivity index (χ0n) is 18.8. The Balaban J connectivity index is 1.15. The fraction of sp³-hybridized carbons (Fsp3) is 0.464. The summed E-state index contributed by atoms with van der Waals surface area (Å²) in [5.41, 5.74) is 3.82. The van der Waals surface area contributed by atoms with Gasteiger partial charge in [-0.15, -0.1) is 0 Å². The average Bonchev–Trinajstić information content (AvgIpc) is 3.32. The summed E-state index contributed by atoms with van der Waals surface area (Å²) in [4.78, 5) is 21.2. The first-order valence-electron chi connectivity index (χ1n) is 12.4. The van der Waals surface area contributed by atoms with Gasteiger partial charge in [0.1, 0.15) is 0 Å². The van der Waals surface area contributed by atoms with Crippen molar-refractivity contribution in [3.05, 3.63) is 71.9 Å². The van der Waals surface area contributed by atoms with E-state index in [1.165, 1.54) is 44.2 Å². The Kier molecular flexibility index (Phi) is 5.06. The van der Waals surface area contributed by atoms with Crippen molar-refractivity contribution in [3.8, 4) is 0 Å². The predicted molar refractivity (Wildman–Crippen MR) is 129 cm³/mol. The normalized spacial score (nSPS) is 24.0. The number of carbonyl (C=O) groups excluding carboxylic acids is 1. The molecule has 32 heavy (non-hydrogen) atoms. The lowest BCUT2D eigenvalue weighted by Crippen LogP contribution is -2.63. The summed E-state index contributed by atoms with van der Waals surface area (Å²) in [6.45, 7) is 2.96. The summed E-state index contributed by atoms with van der Waals surface area (Å²) in [5.74, 6) is 0.173. The number of carbonyl (C=O) groups is 1. The van der Waals surface area contributed by atoms with Crippen molar-refractivity contribution in [2.24, 2.45) is 5.41 Å². The smallest absolute Gasteiger partial charge is 0.253 e. The Morgan fingerprint density at radius 2 is 1.72 bits per heavy atom. The minimum atomic E-state index is 0.173. The number of aromatic amines is 1. The summed E-state index contributed by atoms with van der Waals surface area (Å²) >= 11 is 0. The number of hydrogen-bond acceptors (Lipinski definition) is 2. The van der Waals surface area contributed by atoms with Gasteiger partial charge in [-0.2, -0.15) is 0 Å². The molecule has 2 aromatic carbocycles. The molecular formula is C28H33N3O. The van der Waals surface area contributed by atoms with Crippen LogP contribution in [0, 0.1) is 5.41 Å². The molecule has 1 amide bonds. The molecule has 1 aromatic heterocycles. The second-order valence-electron chi connectivity index (χ2n) is 10.2. The maximum atomic E-state index is 13.2. The summed E-state index contributed by atoms with van der Waals surface area (Å²) in [7, 11) is 0. The molecule has 2 saturated heterocycles. The van der Waals surface area contributed by atoms with Crippen molar-refractivity contribution in [1.29, 1.82) is 0 Å². The van der Waals surface area contributed by atoms with Gasteiger partial charge < -0.3 is 9.88 Å². The molecule has 166 valence electrons. The number of amides is 1. The molecule has 0 radical (unpaired) electrons. The third kappa shape index (κ3) is 3.36. The van der Waals surface area contributed by atoms with Crippen LogP contribution in [0.15, 0.2) is 60.8 Å². The van der Waals surface area contributed by atoms with Gasteiger partial charge in [-0.1, -0.05) is 55.7 Å². The number of hydrogen-bond donors (Lipinski definition) is 1. The van der Waals surface area contributed by atoms with Crippen LogP contribution in [0.25, 0.3) is 10.9 Å². The van der Waals surface area contributed by atoms with Crippen molar-refractivity contribution >= 4 is 16.8 Å². The standard InChI is InChI=1S/C28H33N3O/c32-27(23-10-9-21-11-16-29-25(21)19-23)30-17-12-24(13-18-30)31-20-28(14-5-2-6-15-28)26(31)22-7-3-1-4-8-22/h1,3-4,7-11,16,19,24,26,29H,2,5-6,12-15,17-18,20H2. The quantitative estimate of drug-likeness (QED) is 0.575. The van der Waals surface area contributed by atoms with E-state index < -0.39 is 0 Å². The first-order chi connectivity index (χ1) is 15.7. The lowest BCUT2D eigenvalue weighted by atomic mass is 9.60. The van der Waals surface area contributed by atoms with E-state index in [4.69, 9.17) is 0 Å². The van der Waals surface area contributed by atoms with Crippen LogP contribution in [0.5, 0.6) is 0 Å². The van der Waals surface area contributed by atoms with E-state index in [-0.39, 0.29) is 5.91 Å². The fourth-order valence-electron chi connectivity index (χ4n) is 6.75. The number of H-pyrrole nitrogens is 1. The Morgan fingerprint density at radius 3 is 2.50 bits per heavy atom. The summed E-state index contributed by atoms with van der Waals surface area (Å²) in [6, 6.07) is 20.4. The van der Waals surface area contributed by atoms with Crippen LogP contribution in [0.4, 0.5) is 0 Å². The number of nitrogens with one attached hydrogen (secondary N) is 1. The van der Waals surface area contributed by atoms with E-state index in [1.54, 1.807) is 0 Å². The van der Waals surface area contributed by atoms with Gasteiger partial charge in [-0.3, -0.25) is 9.69 Å². The third-order valence-corrected chi connectivity index (χ3v) is 8.40. The molecule has 1 aliphatic carbocycles. The summed E-state index contributed by atoms with van der Waals surface area (Å²) in [5, 5.41) is 1.15. The van der Waals surface area contributed by atoms with Crippen LogP contribution in [0.1, 0.15) is 66.9 Å². The van der Waals surface area contributed by atoms with Crippen LogP contribution in [0.3, 0.4) is 0 Å². The maximum absolute atomic E-state index is 13.2. The number of piperidine rings is 1. The molecule has 3 fully saturated rings. The highest BCUT2D eigenvalue weighted by molar-refractivity contribution is 5.98. The van der Waals surface area contributed by atoms with Crippen molar-refractivity contribution in [2.45, 2.75) is 57.0 Å². The van der Waals surface area contributed by atoms with Crippen LogP contribution >= 0.6 is 0 Å². The monoisotopic (exact) mass is 427 g/mol. The van der Waals surface area contributed by atoms with E-state index in [0.717, 1.165) is 42.4 Å². The molecule has 1 spiro atoms. The van der Waals surface area contributed by atoms with Crippen LogP contribution in [-0.2, 0) is 0 Å². The molecule has 1 unspecified atom stereocenters. The van der Waals surface area contributed by atoms with Gasteiger partial charge in [-0.05, 0) is 54.8 Å². The van der Waals surface area contributed by atoms with Crippen LogP contribution in [0.2, 0.25) is 0 Å². The number of aromatic nitrogens is 1. The highest BCUT2D eigenvalue weighted by Crippen LogP contribution is 2.58. The Hall–Kier alpha value is -2.59. The van der Waals surface area contributed by atoms with Gasteiger partial charge in [0, 0.05) is 54.4 Å². The number of benzene rings is 2. The second kappa shape index (κ2) is 8.08. The van der Waals surface area contributed by atoms with E-state index in [2.05, 4.69) is 45.1 Å². The third-order valence-electron chi connectivity index (χ3n) is 8.40. The van der Waals surface area contributed by atoms with Crippen molar-refractivity contribution in [3.63, 3.8) is 0 Å². The first kappa shape index (κ1) is 20.0. The number of nitrogens with zero attached hydrogens (tertiary/aromatic N) is 2. The molecule has 1 N–H and O–H groups in total. The maximum Gasteiger partial charge on any atom is 0.253 e. The van der Waals surface area contributed by atoms with E-state index >= 15 is 0 Å². The number of fused-ring (bicyclic) bond motifs is 1. The zero-order valence-corrected chi connectivity index (χ0v) is 18.8. The second-order valence-corrected chi connectivity index (χ2v) is 10.2. The lowest BCUT2D eigenvalue weighted by molar-refractivity contribution is -0.132. The number of rotatable bonds is 3. The van der Waals surface area contributed by atoms with Gasteiger partial charge in [0.05, 0.1) is 0 Å². The SMILES string of the molecule is O=C(c1ccc2cc[nH]c2c1)N1CCC(N2CC3(CCCCC3)C2c2ccccc2)CC1. The van der Waals surface area contributed by atoms with Gasteiger partial charge in [0.15, 0.2) is 0 Å². The average molecular weight is 428 g/mol. The lowest BCUT2D eigenvalue weighted by Gasteiger charge is -2.63. The molecule has 3 aromatic rings. The molecule has 3 heterocycles. The van der Waals surface area contributed by atoms with E-state index in [0.29, 0.717) is 17.5 Å².